The maximum atomic E-state index is 14.1. The number of halogens is 1. The second-order valence-electron chi connectivity index (χ2n) is 8.26. The zero-order chi connectivity index (χ0) is 21.1. The van der Waals surface area contributed by atoms with E-state index in [9.17, 15) is 4.39 Å². The first-order chi connectivity index (χ1) is 14.5. The predicted molar refractivity (Wildman–Crippen MR) is 119 cm³/mol. The summed E-state index contributed by atoms with van der Waals surface area (Å²) in [6.07, 6.45) is 2.42. The van der Waals surface area contributed by atoms with Crippen LogP contribution in [0.2, 0.25) is 0 Å². The van der Waals surface area contributed by atoms with E-state index in [4.69, 9.17) is 10.5 Å². The molecule has 0 spiro atoms. The van der Waals surface area contributed by atoms with Crippen molar-refractivity contribution in [3.8, 4) is 11.5 Å². The molecule has 3 nitrogen and oxygen atoms in total. The normalized spacial score (nSPS) is 16.7. The molecule has 2 N–H and O–H groups in total. The lowest BCUT2D eigenvalue weighted by Crippen LogP contribution is -2.22. The van der Waals surface area contributed by atoms with Gasteiger partial charge in [0.15, 0.2) is 11.6 Å². The van der Waals surface area contributed by atoms with E-state index in [1.165, 1.54) is 41.2 Å². The van der Waals surface area contributed by atoms with Crippen LogP contribution in [0.3, 0.4) is 0 Å². The largest absolute Gasteiger partial charge is 0.454 e. The third-order valence-corrected chi connectivity index (χ3v) is 5.76. The van der Waals surface area contributed by atoms with Crippen LogP contribution in [-0.2, 0) is 13.1 Å². The number of benzene rings is 3. The minimum atomic E-state index is -0.393. The molecule has 30 heavy (non-hydrogen) atoms. The van der Waals surface area contributed by atoms with Gasteiger partial charge in [0.2, 0.25) is 0 Å². The van der Waals surface area contributed by atoms with Gasteiger partial charge in [-0.1, -0.05) is 47.5 Å². The van der Waals surface area contributed by atoms with E-state index in [2.05, 4.69) is 49.1 Å². The van der Waals surface area contributed by atoms with Gasteiger partial charge in [0.05, 0.1) is 0 Å². The summed E-state index contributed by atoms with van der Waals surface area (Å²) >= 11 is 0. The van der Waals surface area contributed by atoms with Crippen molar-refractivity contribution in [2.75, 3.05) is 6.54 Å². The molecule has 0 amide bonds. The summed E-state index contributed by atoms with van der Waals surface area (Å²) in [5.41, 5.74) is 11.6. The van der Waals surface area contributed by atoms with E-state index >= 15 is 0 Å². The van der Waals surface area contributed by atoms with Crippen LogP contribution < -0.4 is 10.5 Å². The second-order valence-corrected chi connectivity index (χ2v) is 8.26. The van der Waals surface area contributed by atoms with Gasteiger partial charge in [-0.25, -0.2) is 4.39 Å². The van der Waals surface area contributed by atoms with Crippen molar-refractivity contribution in [3.05, 3.63) is 94.3 Å². The molecule has 156 valence electrons. The Kier molecular flexibility index (Phi) is 6.16. The number of aryl methyl sites for hydroxylation is 2. The molecule has 0 bridgehead atoms. The summed E-state index contributed by atoms with van der Waals surface area (Å²) in [4.78, 5) is 2.55. The van der Waals surface area contributed by atoms with Crippen molar-refractivity contribution < 1.29 is 9.13 Å². The van der Waals surface area contributed by atoms with Crippen molar-refractivity contribution in [1.29, 1.82) is 0 Å². The van der Waals surface area contributed by atoms with Crippen molar-refractivity contribution in [3.63, 3.8) is 0 Å². The molecule has 1 aliphatic heterocycles. The Morgan fingerprint density at radius 1 is 0.967 bits per heavy atom. The Bertz CT molecular complexity index is 996. The lowest BCUT2D eigenvalue weighted by atomic mass is 9.99. The fraction of sp³-hybridized carbons (Fsp3) is 0.308. The van der Waals surface area contributed by atoms with Gasteiger partial charge in [-0.15, -0.1) is 0 Å². The average molecular weight is 405 g/mol. The van der Waals surface area contributed by atoms with Gasteiger partial charge in [0.25, 0.3) is 0 Å². The first-order valence-electron chi connectivity index (χ1n) is 10.6. The Balaban J connectivity index is 1.44. The number of nitrogens with two attached hydrogens (primary N) is 1. The molecule has 4 rings (SSSR count). The van der Waals surface area contributed by atoms with Crippen molar-refractivity contribution in [1.82, 2.24) is 4.90 Å². The van der Waals surface area contributed by atoms with E-state index < -0.39 is 5.82 Å². The van der Waals surface area contributed by atoms with E-state index in [0.29, 0.717) is 18.3 Å². The average Bonchev–Trinajstić information content (AvgIpc) is 3.18. The number of hydrogen-bond acceptors (Lipinski definition) is 3. The van der Waals surface area contributed by atoms with Gasteiger partial charge in [-0.05, 0) is 74.2 Å². The molecule has 3 aromatic carbocycles. The van der Waals surface area contributed by atoms with Crippen LogP contribution in [0.25, 0.3) is 0 Å². The molecule has 3 aromatic rings. The maximum Gasteiger partial charge on any atom is 0.166 e. The highest BCUT2D eigenvalue weighted by Crippen LogP contribution is 2.34. The van der Waals surface area contributed by atoms with E-state index in [1.807, 2.05) is 12.1 Å². The highest BCUT2D eigenvalue weighted by molar-refractivity contribution is 5.36. The van der Waals surface area contributed by atoms with Crippen molar-refractivity contribution in [2.24, 2.45) is 5.73 Å². The molecule has 0 saturated carbocycles. The topological polar surface area (TPSA) is 38.5 Å². The monoisotopic (exact) mass is 404 g/mol. The van der Waals surface area contributed by atoms with Crippen LogP contribution >= 0.6 is 0 Å². The standard InChI is InChI=1S/C26H29FN2O/c1-18-12-19(2)14-22(13-18)25-4-3-11-29(25)17-20-5-8-23(9-6-20)30-26-10-7-21(16-28)15-24(26)27/h5-10,12-15,25H,3-4,11,16-17,28H2,1-2H3. The molecule has 0 radical (unpaired) electrons. The molecule has 1 heterocycles. The molecular formula is C26H29FN2O. The lowest BCUT2D eigenvalue weighted by Gasteiger charge is -2.25. The zero-order valence-corrected chi connectivity index (χ0v) is 17.7. The number of ether oxygens (including phenoxy) is 1. The van der Waals surface area contributed by atoms with Crippen LogP contribution in [0.4, 0.5) is 4.39 Å². The summed E-state index contributed by atoms with van der Waals surface area (Å²) in [6.45, 7) is 6.65. The van der Waals surface area contributed by atoms with Crippen molar-refractivity contribution in [2.45, 2.75) is 45.8 Å². The SMILES string of the molecule is Cc1cc(C)cc(C2CCCN2Cc2ccc(Oc3ccc(CN)cc3F)cc2)c1. The summed E-state index contributed by atoms with van der Waals surface area (Å²) in [5, 5.41) is 0. The van der Waals surface area contributed by atoms with Crippen molar-refractivity contribution >= 4 is 0 Å². The van der Waals surface area contributed by atoms with Gasteiger partial charge >= 0.3 is 0 Å². The van der Waals surface area contributed by atoms with E-state index in [1.54, 1.807) is 12.1 Å². The molecule has 0 aliphatic carbocycles. The second kappa shape index (κ2) is 8.99. The molecule has 4 heteroatoms. The highest BCUT2D eigenvalue weighted by atomic mass is 19.1. The third-order valence-electron chi connectivity index (χ3n) is 5.76. The van der Waals surface area contributed by atoms with Crippen LogP contribution in [0.5, 0.6) is 11.5 Å². The van der Waals surface area contributed by atoms with Crippen LogP contribution in [0, 0.1) is 19.7 Å². The Morgan fingerprint density at radius 2 is 1.67 bits per heavy atom. The minimum Gasteiger partial charge on any atom is -0.454 e. The van der Waals surface area contributed by atoms with Crippen LogP contribution in [0.15, 0.2) is 60.7 Å². The quantitative estimate of drug-likeness (QED) is 0.545. The number of likely N-dealkylation sites (tertiary alicyclic amines) is 1. The molecule has 1 atom stereocenters. The Labute approximate surface area is 178 Å². The molecule has 1 fully saturated rings. The smallest absolute Gasteiger partial charge is 0.166 e. The van der Waals surface area contributed by atoms with Crippen LogP contribution in [-0.4, -0.2) is 11.4 Å². The number of nitrogens with zero attached hydrogens (tertiary/aromatic N) is 1. The summed E-state index contributed by atoms with van der Waals surface area (Å²) < 4.78 is 19.9. The van der Waals surface area contributed by atoms with E-state index in [0.717, 1.165) is 18.7 Å². The number of hydrogen-bond donors (Lipinski definition) is 1. The van der Waals surface area contributed by atoms with Gasteiger partial charge in [0.1, 0.15) is 5.75 Å². The summed E-state index contributed by atoms with van der Waals surface area (Å²) in [7, 11) is 0. The van der Waals surface area contributed by atoms with Gasteiger partial charge in [-0.3, -0.25) is 4.90 Å². The predicted octanol–water partition coefficient (Wildman–Crippen LogP) is 6.03. The van der Waals surface area contributed by atoms with Gasteiger partial charge < -0.3 is 10.5 Å². The summed E-state index contributed by atoms with van der Waals surface area (Å²) in [6, 6.07) is 20.1. The molecule has 1 unspecified atom stereocenters. The molecular weight excluding hydrogens is 375 g/mol. The highest BCUT2D eigenvalue weighted by Gasteiger charge is 2.26. The van der Waals surface area contributed by atoms with Gasteiger partial charge in [0, 0.05) is 19.1 Å². The van der Waals surface area contributed by atoms with Crippen LogP contribution in [0.1, 0.15) is 46.7 Å². The zero-order valence-electron chi connectivity index (χ0n) is 17.7. The van der Waals surface area contributed by atoms with E-state index in [-0.39, 0.29) is 5.75 Å². The minimum absolute atomic E-state index is 0.217. The maximum absolute atomic E-state index is 14.1. The fourth-order valence-corrected chi connectivity index (χ4v) is 4.37. The van der Waals surface area contributed by atoms with Gasteiger partial charge in [-0.2, -0.15) is 0 Å². The Hall–Kier alpha value is -2.69. The third kappa shape index (κ3) is 4.72. The summed E-state index contributed by atoms with van der Waals surface area (Å²) in [5.74, 6) is 0.454. The molecule has 1 aliphatic rings. The molecule has 0 aromatic heterocycles. The lowest BCUT2D eigenvalue weighted by molar-refractivity contribution is 0.248. The molecule has 1 saturated heterocycles. The first kappa shape index (κ1) is 20.6. The fourth-order valence-electron chi connectivity index (χ4n) is 4.37. The first-order valence-corrected chi connectivity index (χ1v) is 10.6. The number of rotatable bonds is 6. The Morgan fingerprint density at radius 3 is 2.33 bits per heavy atom.